The van der Waals surface area contributed by atoms with Crippen molar-refractivity contribution < 1.29 is 4.39 Å². The minimum Gasteiger partial charge on any atom is -0.271 e. The summed E-state index contributed by atoms with van der Waals surface area (Å²) < 4.78 is 13.4. The van der Waals surface area contributed by atoms with Crippen molar-refractivity contribution in [3.05, 3.63) is 57.0 Å². The van der Waals surface area contributed by atoms with Gasteiger partial charge in [-0.1, -0.05) is 6.07 Å². The van der Waals surface area contributed by atoms with E-state index in [1.165, 1.54) is 17.0 Å². The number of hydrogen-bond donors (Lipinski definition) is 2. The molecule has 1 aromatic heterocycles. The Bertz CT molecular complexity index is 502. The molecular weight excluding hydrogens is 235 g/mol. The second kappa shape index (κ2) is 4.96. The maximum atomic E-state index is 13.4. The molecule has 0 aliphatic heterocycles. The first-order chi connectivity index (χ1) is 8.11. The van der Waals surface area contributed by atoms with Gasteiger partial charge in [-0.2, -0.15) is 0 Å². The van der Waals surface area contributed by atoms with Gasteiger partial charge in [-0.15, -0.1) is 11.3 Å². The Morgan fingerprint density at radius 1 is 1.29 bits per heavy atom. The van der Waals surface area contributed by atoms with E-state index in [1.807, 2.05) is 31.4 Å². The number of benzene rings is 1. The zero-order chi connectivity index (χ0) is 12.4. The zero-order valence-corrected chi connectivity index (χ0v) is 10.6. The molecule has 1 unspecified atom stereocenters. The Kier molecular flexibility index (Phi) is 3.57. The lowest BCUT2D eigenvalue weighted by Gasteiger charge is -2.17. The first-order valence-electron chi connectivity index (χ1n) is 5.39. The molecule has 1 heterocycles. The van der Waals surface area contributed by atoms with Crippen LogP contribution in [0, 0.1) is 19.7 Å². The number of rotatable bonds is 3. The predicted octanol–water partition coefficient (Wildman–Crippen LogP) is 3.06. The number of nitrogens with one attached hydrogen (secondary N) is 1. The van der Waals surface area contributed by atoms with E-state index in [2.05, 4.69) is 5.43 Å². The van der Waals surface area contributed by atoms with Gasteiger partial charge in [0.2, 0.25) is 0 Å². The van der Waals surface area contributed by atoms with Crippen LogP contribution in [0.2, 0.25) is 0 Å². The summed E-state index contributed by atoms with van der Waals surface area (Å²) in [4.78, 5) is 1.19. The summed E-state index contributed by atoms with van der Waals surface area (Å²) in [5, 5.41) is 2.02. The Hall–Kier alpha value is -1.23. The van der Waals surface area contributed by atoms with Crippen molar-refractivity contribution in [2.75, 3.05) is 0 Å². The Balaban J connectivity index is 2.45. The van der Waals surface area contributed by atoms with Crippen LogP contribution in [0.25, 0.3) is 0 Å². The molecule has 0 amide bonds. The largest absolute Gasteiger partial charge is 0.271 e. The first-order valence-corrected chi connectivity index (χ1v) is 6.27. The van der Waals surface area contributed by atoms with Crippen LogP contribution in [-0.2, 0) is 0 Å². The lowest BCUT2D eigenvalue weighted by Crippen LogP contribution is -2.29. The maximum Gasteiger partial charge on any atom is 0.123 e. The summed E-state index contributed by atoms with van der Waals surface area (Å²) >= 11 is 1.66. The van der Waals surface area contributed by atoms with Crippen LogP contribution < -0.4 is 11.3 Å². The molecule has 0 fully saturated rings. The topological polar surface area (TPSA) is 38.0 Å². The highest BCUT2D eigenvalue weighted by molar-refractivity contribution is 7.10. The quantitative estimate of drug-likeness (QED) is 0.649. The first kappa shape index (κ1) is 12.2. The van der Waals surface area contributed by atoms with Crippen molar-refractivity contribution in [1.82, 2.24) is 5.43 Å². The van der Waals surface area contributed by atoms with Crippen LogP contribution in [0.5, 0.6) is 0 Å². The predicted molar refractivity (Wildman–Crippen MR) is 69.4 cm³/mol. The molecule has 0 spiro atoms. The van der Waals surface area contributed by atoms with E-state index in [1.54, 1.807) is 11.3 Å². The highest BCUT2D eigenvalue weighted by atomic mass is 32.1. The summed E-state index contributed by atoms with van der Waals surface area (Å²) in [6.45, 7) is 3.91. The number of hydrazine groups is 1. The van der Waals surface area contributed by atoms with Gasteiger partial charge in [0.05, 0.1) is 6.04 Å². The fourth-order valence-electron chi connectivity index (χ4n) is 1.99. The summed E-state index contributed by atoms with van der Waals surface area (Å²) in [5.74, 6) is 5.37. The van der Waals surface area contributed by atoms with Crippen LogP contribution in [0.1, 0.15) is 27.6 Å². The molecule has 2 nitrogen and oxygen atoms in total. The van der Waals surface area contributed by atoms with E-state index in [-0.39, 0.29) is 11.9 Å². The van der Waals surface area contributed by atoms with Gasteiger partial charge in [0.1, 0.15) is 5.82 Å². The second-order valence-electron chi connectivity index (χ2n) is 4.09. The third-order valence-electron chi connectivity index (χ3n) is 2.77. The molecule has 1 atom stereocenters. The molecule has 2 rings (SSSR count). The van der Waals surface area contributed by atoms with Gasteiger partial charge in [0.15, 0.2) is 0 Å². The van der Waals surface area contributed by atoms with E-state index in [9.17, 15) is 4.39 Å². The van der Waals surface area contributed by atoms with Gasteiger partial charge < -0.3 is 0 Å². The van der Waals surface area contributed by atoms with Gasteiger partial charge in [-0.05, 0) is 54.1 Å². The number of nitrogens with two attached hydrogens (primary N) is 1. The summed E-state index contributed by atoms with van der Waals surface area (Å²) in [6, 6.07) is 6.84. The molecule has 90 valence electrons. The molecule has 4 heteroatoms. The van der Waals surface area contributed by atoms with Crippen LogP contribution in [-0.4, -0.2) is 0 Å². The van der Waals surface area contributed by atoms with E-state index >= 15 is 0 Å². The lowest BCUT2D eigenvalue weighted by atomic mass is 9.98. The maximum absolute atomic E-state index is 13.4. The molecule has 0 saturated carbocycles. The van der Waals surface area contributed by atoms with Gasteiger partial charge in [-0.25, -0.2) is 9.82 Å². The normalized spacial score (nSPS) is 12.7. The molecule has 17 heavy (non-hydrogen) atoms. The smallest absolute Gasteiger partial charge is 0.123 e. The van der Waals surface area contributed by atoms with Gasteiger partial charge in [-0.3, -0.25) is 5.84 Å². The standard InChI is InChI=1S/C13H15FN2S/c1-8-5-10(7-11(14)6-8)13(16-15)12-3-4-17-9(12)2/h3-7,13,16H,15H2,1-2H3. The van der Waals surface area contributed by atoms with Crippen molar-refractivity contribution in [3.63, 3.8) is 0 Å². The SMILES string of the molecule is Cc1cc(F)cc(C(NN)c2ccsc2C)c1. The van der Waals surface area contributed by atoms with Crippen LogP contribution in [0.3, 0.4) is 0 Å². The summed E-state index contributed by atoms with van der Waals surface area (Å²) in [5.41, 5.74) is 5.61. The second-order valence-corrected chi connectivity index (χ2v) is 5.21. The number of hydrogen-bond acceptors (Lipinski definition) is 3. The van der Waals surface area contributed by atoms with E-state index in [4.69, 9.17) is 5.84 Å². The van der Waals surface area contributed by atoms with Crippen molar-refractivity contribution in [2.45, 2.75) is 19.9 Å². The average Bonchev–Trinajstić information content (AvgIpc) is 2.65. The average molecular weight is 250 g/mol. The van der Waals surface area contributed by atoms with Gasteiger partial charge in [0, 0.05) is 4.88 Å². The van der Waals surface area contributed by atoms with E-state index < -0.39 is 0 Å². The van der Waals surface area contributed by atoms with Gasteiger partial charge >= 0.3 is 0 Å². The molecule has 1 aromatic carbocycles. The summed E-state index contributed by atoms with van der Waals surface area (Å²) in [7, 11) is 0. The lowest BCUT2D eigenvalue weighted by molar-refractivity contribution is 0.603. The van der Waals surface area contributed by atoms with Crippen molar-refractivity contribution in [1.29, 1.82) is 0 Å². The number of thiophene rings is 1. The Morgan fingerprint density at radius 2 is 2.06 bits per heavy atom. The molecule has 2 aromatic rings. The molecule has 0 radical (unpaired) electrons. The molecule has 0 aliphatic rings. The van der Waals surface area contributed by atoms with E-state index in [0.717, 1.165) is 16.7 Å². The van der Waals surface area contributed by atoms with Crippen LogP contribution in [0.4, 0.5) is 4.39 Å². The third kappa shape index (κ3) is 2.54. The van der Waals surface area contributed by atoms with E-state index in [0.29, 0.717) is 0 Å². The minimum atomic E-state index is -0.229. The van der Waals surface area contributed by atoms with Crippen molar-refractivity contribution in [3.8, 4) is 0 Å². The van der Waals surface area contributed by atoms with Crippen molar-refractivity contribution >= 4 is 11.3 Å². The molecule has 0 saturated heterocycles. The molecule has 0 bridgehead atoms. The van der Waals surface area contributed by atoms with Crippen LogP contribution >= 0.6 is 11.3 Å². The van der Waals surface area contributed by atoms with Crippen molar-refractivity contribution in [2.24, 2.45) is 5.84 Å². The number of aryl methyl sites for hydroxylation is 2. The van der Waals surface area contributed by atoms with Gasteiger partial charge in [0.25, 0.3) is 0 Å². The Morgan fingerprint density at radius 3 is 2.59 bits per heavy atom. The number of halogens is 1. The minimum absolute atomic E-state index is 0.157. The molecule has 3 N–H and O–H groups in total. The zero-order valence-electron chi connectivity index (χ0n) is 9.83. The highest BCUT2D eigenvalue weighted by Gasteiger charge is 2.16. The monoisotopic (exact) mass is 250 g/mol. The highest BCUT2D eigenvalue weighted by Crippen LogP contribution is 2.28. The fraction of sp³-hybridized carbons (Fsp3) is 0.231. The fourth-order valence-corrected chi connectivity index (χ4v) is 2.73. The Labute approximate surface area is 104 Å². The molecular formula is C13H15FN2S. The van der Waals surface area contributed by atoms with Crippen LogP contribution in [0.15, 0.2) is 29.6 Å². The molecule has 0 aliphatic carbocycles. The third-order valence-corrected chi connectivity index (χ3v) is 3.64. The summed E-state index contributed by atoms with van der Waals surface area (Å²) in [6.07, 6.45) is 0.